The van der Waals surface area contributed by atoms with Gasteiger partial charge in [-0.1, -0.05) is 36.9 Å². The Morgan fingerprint density at radius 2 is 2.00 bits per heavy atom. The van der Waals surface area contributed by atoms with Crippen LogP contribution in [0.5, 0.6) is 0 Å². The molecule has 0 spiro atoms. The van der Waals surface area contributed by atoms with E-state index in [0.717, 1.165) is 11.3 Å². The third kappa shape index (κ3) is 3.61. The van der Waals surface area contributed by atoms with Crippen molar-refractivity contribution >= 4 is 11.5 Å². The van der Waals surface area contributed by atoms with Gasteiger partial charge >= 0.3 is 0 Å². The normalized spacial score (nSPS) is 12.4. The van der Waals surface area contributed by atoms with Crippen LogP contribution in [-0.2, 0) is 0 Å². The SMILES string of the molecule is C=C(N=C(N)C=C(C)NC)c1ccccc1. The largest absolute Gasteiger partial charge is 0.392 e. The molecule has 0 aromatic heterocycles. The van der Waals surface area contributed by atoms with E-state index in [1.165, 1.54) is 0 Å². The third-order valence-corrected chi connectivity index (χ3v) is 2.13. The average molecular weight is 215 g/mol. The standard InChI is InChI=1S/C13H17N3/c1-10(15-3)9-13(14)16-11(2)12-7-5-4-6-8-12/h4-9,15H,2H2,1,3H3,(H2,14,16). The summed E-state index contributed by atoms with van der Waals surface area (Å²) in [6.45, 7) is 5.81. The van der Waals surface area contributed by atoms with Gasteiger partial charge in [0.05, 0.1) is 5.70 Å². The van der Waals surface area contributed by atoms with Crippen molar-refractivity contribution in [1.82, 2.24) is 5.32 Å². The van der Waals surface area contributed by atoms with Crippen molar-refractivity contribution < 1.29 is 0 Å². The minimum absolute atomic E-state index is 0.445. The molecule has 0 saturated heterocycles. The van der Waals surface area contributed by atoms with Gasteiger partial charge in [-0.2, -0.15) is 0 Å². The first-order valence-corrected chi connectivity index (χ1v) is 5.08. The van der Waals surface area contributed by atoms with Crippen LogP contribution in [0.3, 0.4) is 0 Å². The molecule has 0 aliphatic heterocycles. The van der Waals surface area contributed by atoms with E-state index in [9.17, 15) is 0 Å². The number of hydrogen-bond donors (Lipinski definition) is 2. The van der Waals surface area contributed by atoms with Crippen LogP contribution in [0.25, 0.3) is 5.70 Å². The minimum Gasteiger partial charge on any atom is -0.392 e. The fourth-order valence-electron chi connectivity index (χ4n) is 1.18. The molecule has 0 heterocycles. The fraction of sp³-hybridized carbons (Fsp3) is 0.154. The smallest absolute Gasteiger partial charge is 0.125 e. The number of nitrogens with one attached hydrogen (secondary N) is 1. The molecule has 0 radical (unpaired) electrons. The second kappa shape index (κ2) is 5.75. The molecule has 3 N–H and O–H groups in total. The van der Waals surface area contributed by atoms with E-state index >= 15 is 0 Å². The fourth-order valence-corrected chi connectivity index (χ4v) is 1.18. The predicted octanol–water partition coefficient (Wildman–Crippen LogP) is 2.14. The Hall–Kier alpha value is -2.03. The Bertz CT molecular complexity index is 416. The van der Waals surface area contributed by atoms with E-state index in [1.807, 2.05) is 44.3 Å². The predicted molar refractivity (Wildman–Crippen MR) is 69.9 cm³/mol. The highest BCUT2D eigenvalue weighted by molar-refractivity contribution is 5.95. The Labute approximate surface area is 96.4 Å². The zero-order valence-corrected chi connectivity index (χ0v) is 9.70. The van der Waals surface area contributed by atoms with Gasteiger partial charge in [0.25, 0.3) is 0 Å². The molecule has 84 valence electrons. The second-order valence-electron chi connectivity index (χ2n) is 3.43. The summed E-state index contributed by atoms with van der Waals surface area (Å²) in [5.74, 6) is 0.445. The summed E-state index contributed by atoms with van der Waals surface area (Å²) >= 11 is 0. The summed E-state index contributed by atoms with van der Waals surface area (Å²) in [7, 11) is 1.84. The maximum Gasteiger partial charge on any atom is 0.125 e. The van der Waals surface area contributed by atoms with E-state index in [-0.39, 0.29) is 0 Å². The van der Waals surface area contributed by atoms with Gasteiger partial charge in [0.15, 0.2) is 0 Å². The van der Waals surface area contributed by atoms with Crippen molar-refractivity contribution in [2.45, 2.75) is 6.92 Å². The highest BCUT2D eigenvalue weighted by atomic mass is 14.9. The van der Waals surface area contributed by atoms with Crippen LogP contribution in [0, 0.1) is 0 Å². The second-order valence-corrected chi connectivity index (χ2v) is 3.43. The lowest BCUT2D eigenvalue weighted by atomic mass is 10.2. The van der Waals surface area contributed by atoms with Crippen molar-refractivity contribution in [2.24, 2.45) is 10.7 Å². The van der Waals surface area contributed by atoms with Gasteiger partial charge in [0.1, 0.15) is 5.84 Å². The summed E-state index contributed by atoms with van der Waals surface area (Å²) in [6.07, 6.45) is 1.77. The van der Waals surface area contributed by atoms with Gasteiger partial charge in [-0.15, -0.1) is 0 Å². The zero-order chi connectivity index (χ0) is 12.0. The van der Waals surface area contributed by atoms with Crippen molar-refractivity contribution in [3.63, 3.8) is 0 Å². The van der Waals surface area contributed by atoms with Crippen molar-refractivity contribution in [2.75, 3.05) is 7.05 Å². The molecule has 0 atom stereocenters. The van der Waals surface area contributed by atoms with E-state index in [0.29, 0.717) is 11.5 Å². The van der Waals surface area contributed by atoms with Gasteiger partial charge in [0, 0.05) is 12.7 Å². The topological polar surface area (TPSA) is 50.4 Å². The molecule has 0 aliphatic rings. The molecule has 0 unspecified atom stereocenters. The Kier molecular flexibility index (Phi) is 4.33. The molecule has 16 heavy (non-hydrogen) atoms. The Morgan fingerprint density at radius 3 is 2.56 bits per heavy atom. The molecule has 3 nitrogen and oxygen atoms in total. The van der Waals surface area contributed by atoms with Gasteiger partial charge in [-0.25, -0.2) is 4.99 Å². The van der Waals surface area contributed by atoms with Gasteiger partial charge < -0.3 is 11.1 Å². The third-order valence-electron chi connectivity index (χ3n) is 2.13. The van der Waals surface area contributed by atoms with Gasteiger partial charge in [-0.3, -0.25) is 0 Å². The van der Waals surface area contributed by atoms with E-state index in [1.54, 1.807) is 6.08 Å². The number of nitrogens with two attached hydrogens (primary N) is 1. The molecule has 0 amide bonds. The molecular formula is C13H17N3. The molecule has 1 aromatic carbocycles. The lowest BCUT2D eigenvalue weighted by Crippen LogP contribution is -2.12. The quantitative estimate of drug-likeness (QED) is 0.597. The van der Waals surface area contributed by atoms with E-state index in [2.05, 4.69) is 16.9 Å². The highest BCUT2D eigenvalue weighted by Gasteiger charge is 1.96. The average Bonchev–Trinajstić information content (AvgIpc) is 2.29. The summed E-state index contributed by atoms with van der Waals surface area (Å²) in [5, 5.41) is 2.98. The Morgan fingerprint density at radius 1 is 1.38 bits per heavy atom. The minimum atomic E-state index is 0.445. The zero-order valence-electron chi connectivity index (χ0n) is 9.70. The Balaban J connectivity index is 2.82. The van der Waals surface area contributed by atoms with Crippen LogP contribution in [0.4, 0.5) is 0 Å². The lowest BCUT2D eigenvalue weighted by Gasteiger charge is -2.02. The van der Waals surface area contributed by atoms with Crippen molar-refractivity contribution in [3.05, 3.63) is 54.2 Å². The number of nitrogens with zero attached hydrogens (tertiary/aromatic N) is 1. The first kappa shape index (κ1) is 12.0. The maximum absolute atomic E-state index is 5.76. The first-order chi connectivity index (χ1) is 7.63. The van der Waals surface area contributed by atoms with E-state index in [4.69, 9.17) is 5.73 Å². The molecule has 0 aliphatic carbocycles. The number of rotatable bonds is 4. The van der Waals surface area contributed by atoms with Crippen LogP contribution >= 0.6 is 0 Å². The summed E-state index contributed by atoms with van der Waals surface area (Å²) in [4.78, 5) is 4.22. The van der Waals surface area contributed by atoms with E-state index < -0.39 is 0 Å². The summed E-state index contributed by atoms with van der Waals surface area (Å²) in [5.41, 5.74) is 8.36. The monoisotopic (exact) mass is 215 g/mol. The van der Waals surface area contributed by atoms with Crippen molar-refractivity contribution in [3.8, 4) is 0 Å². The number of benzene rings is 1. The molecule has 0 saturated carbocycles. The first-order valence-electron chi connectivity index (χ1n) is 5.08. The van der Waals surface area contributed by atoms with Crippen molar-refractivity contribution in [1.29, 1.82) is 0 Å². The molecule has 1 rings (SSSR count). The highest BCUT2D eigenvalue weighted by Crippen LogP contribution is 2.12. The number of allylic oxidation sites excluding steroid dienone is 1. The molecule has 1 aromatic rings. The van der Waals surface area contributed by atoms with Gasteiger partial charge in [-0.05, 0) is 18.6 Å². The molecule has 0 bridgehead atoms. The van der Waals surface area contributed by atoms with Gasteiger partial charge in [0.2, 0.25) is 0 Å². The lowest BCUT2D eigenvalue weighted by molar-refractivity contribution is 0.992. The van der Waals surface area contributed by atoms with Crippen LogP contribution in [0.2, 0.25) is 0 Å². The molecular weight excluding hydrogens is 198 g/mol. The maximum atomic E-state index is 5.76. The van der Waals surface area contributed by atoms with Crippen LogP contribution in [-0.4, -0.2) is 12.9 Å². The van der Waals surface area contributed by atoms with Crippen LogP contribution in [0.1, 0.15) is 12.5 Å². The molecule has 3 heteroatoms. The number of aliphatic imine (C=N–C) groups is 1. The summed E-state index contributed by atoms with van der Waals surface area (Å²) in [6, 6.07) is 9.75. The van der Waals surface area contributed by atoms with Crippen LogP contribution in [0.15, 0.2) is 53.7 Å². The number of hydrogen-bond acceptors (Lipinski definition) is 2. The van der Waals surface area contributed by atoms with Crippen LogP contribution < -0.4 is 11.1 Å². The molecule has 0 fully saturated rings. The number of amidine groups is 1. The summed E-state index contributed by atoms with van der Waals surface area (Å²) < 4.78 is 0.